The van der Waals surface area contributed by atoms with Crippen LogP contribution in [0.4, 0.5) is 21.9 Å². The van der Waals surface area contributed by atoms with E-state index in [-0.39, 0.29) is 37.0 Å². The Morgan fingerprint density at radius 1 is 0.489 bits per heavy atom. The maximum atomic E-state index is 13.8. The van der Waals surface area contributed by atoms with Crippen molar-refractivity contribution in [3.63, 3.8) is 0 Å². The first-order valence-electron chi connectivity index (χ1n) is 29.9. The summed E-state index contributed by atoms with van der Waals surface area (Å²) in [6.07, 6.45) is 11.7. The van der Waals surface area contributed by atoms with Gasteiger partial charge < -0.3 is 21.1 Å². The van der Waals surface area contributed by atoms with E-state index in [1.54, 1.807) is 135 Å². The number of nitrogens with zero attached hydrogens (tertiary/aromatic N) is 1. The third-order valence-corrected chi connectivity index (χ3v) is 19.1. The molecule has 16 heteroatoms. The lowest BCUT2D eigenvalue weighted by molar-refractivity contribution is -0.157. The number of rotatable bonds is 27. The third-order valence-electron chi connectivity index (χ3n) is 14.0. The number of esters is 1. The molecule has 0 radical (unpaired) electrons. The molecule has 13 nitrogen and oxygen atoms in total. The molecule has 88 heavy (non-hydrogen) atoms. The summed E-state index contributed by atoms with van der Waals surface area (Å²) in [4.78, 5) is 29.6. The first-order valence-corrected chi connectivity index (χ1v) is 34.8. The smallest absolute Gasteiger partial charge is 0.329 e. The number of aryl methyl sites for hydroxylation is 3. The van der Waals surface area contributed by atoms with Crippen LogP contribution in [0.5, 0.6) is 0 Å². The number of benzene rings is 7. The third kappa shape index (κ3) is 26.6. The van der Waals surface area contributed by atoms with Crippen LogP contribution in [0.1, 0.15) is 153 Å². The van der Waals surface area contributed by atoms with Crippen LogP contribution in [-0.4, -0.2) is 62.0 Å². The number of nitrogen functional groups attached to an aromatic ring is 1. The number of carbonyl (C=O) groups is 2. The van der Waals surface area contributed by atoms with Gasteiger partial charge in [-0.1, -0.05) is 200 Å². The fraction of sp³-hybridized carbons (Fsp3) is 0.389. The zero-order valence-electron chi connectivity index (χ0n) is 51.6. The van der Waals surface area contributed by atoms with E-state index in [9.17, 15) is 34.8 Å². The number of hydrogen-bond donors (Lipinski definition) is 3. The van der Waals surface area contributed by atoms with E-state index >= 15 is 0 Å². The van der Waals surface area contributed by atoms with Crippen LogP contribution >= 0.6 is 0 Å². The highest BCUT2D eigenvalue weighted by Crippen LogP contribution is 2.24. The number of sulfone groups is 3. The van der Waals surface area contributed by atoms with Crippen molar-refractivity contribution in [3.8, 4) is 0 Å². The molecule has 0 unspecified atom stereocenters. The van der Waals surface area contributed by atoms with Crippen LogP contribution < -0.4 is 21.3 Å². The minimum absolute atomic E-state index is 0. The van der Waals surface area contributed by atoms with Gasteiger partial charge in [0.05, 0.1) is 31.9 Å². The Morgan fingerprint density at radius 2 is 0.875 bits per heavy atom. The molecule has 7 aromatic rings. The predicted molar refractivity (Wildman–Crippen MR) is 365 cm³/mol. The molecule has 0 aliphatic carbocycles. The lowest BCUT2D eigenvalue weighted by Crippen LogP contribution is -2.51. The molecule has 0 saturated heterocycles. The highest BCUT2D eigenvalue weighted by atomic mass is 32.2. The topological polar surface area (TPSA) is 199 Å². The van der Waals surface area contributed by atoms with Crippen molar-refractivity contribution in [2.45, 2.75) is 184 Å². The minimum Gasteiger partial charge on any atom is -0.458 e. The molecule has 0 spiro atoms. The SMILES string of the molecule is C.C.CCCCCCCN(C(=O)N[C@H](Cc1ccccc1)C(=O)OC(C)(C)C)c1ccc(CS(=O)(=O)c2ccc(C)cc2)cc1.CCCCCCCNc1ccc(CS(=O)(=O)c2ccc(C)cc2)cc1.Cc1ccc(S(=O)(=O)Cc2ccc(N)cc2)cc1. The van der Waals surface area contributed by atoms with Crippen LogP contribution in [0.15, 0.2) is 191 Å². The van der Waals surface area contributed by atoms with Gasteiger partial charge in [-0.2, -0.15) is 0 Å². The number of unbranched alkanes of at least 4 members (excludes halogenated alkanes) is 8. The van der Waals surface area contributed by atoms with Gasteiger partial charge in [0.15, 0.2) is 29.5 Å². The first kappa shape index (κ1) is 75.0. The number of hydrogen-bond acceptors (Lipinski definition) is 11. The summed E-state index contributed by atoms with van der Waals surface area (Å²) < 4.78 is 80.9. The lowest BCUT2D eigenvalue weighted by atomic mass is 10.1. The second kappa shape index (κ2) is 36.9. The Hall–Kier alpha value is -7.27. The maximum absolute atomic E-state index is 13.8. The van der Waals surface area contributed by atoms with Gasteiger partial charge in [-0.25, -0.2) is 34.8 Å². The van der Waals surface area contributed by atoms with Crippen molar-refractivity contribution in [3.05, 3.63) is 215 Å². The van der Waals surface area contributed by atoms with Gasteiger partial charge in [-0.05, 0) is 149 Å². The second-order valence-corrected chi connectivity index (χ2v) is 28.9. The number of urea groups is 1. The fourth-order valence-corrected chi connectivity index (χ4v) is 13.1. The number of amides is 2. The molecule has 0 bridgehead atoms. The van der Waals surface area contributed by atoms with Crippen LogP contribution in [0.25, 0.3) is 0 Å². The summed E-state index contributed by atoms with van der Waals surface area (Å²) in [5.74, 6) is -0.606. The van der Waals surface area contributed by atoms with Crippen molar-refractivity contribution in [1.82, 2.24) is 5.32 Å². The van der Waals surface area contributed by atoms with Crippen molar-refractivity contribution < 1.29 is 39.6 Å². The van der Waals surface area contributed by atoms with E-state index in [0.717, 1.165) is 77.7 Å². The van der Waals surface area contributed by atoms with Crippen molar-refractivity contribution in [2.24, 2.45) is 0 Å². The summed E-state index contributed by atoms with van der Waals surface area (Å²) in [5, 5.41) is 6.33. The maximum Gasteiger partial charge on any atom is 0.329 e. The monoisotopic (exact) mass is 1260 g/mol. The van der Waals surface area contributed by atoms with Gasteiger partial charge in [0.1, 0.15) is 11.6 Å². The average Bonchev–Trinajstić information content (AvgIpc) is 2.60. The average molecular weight is 1260 g/mol. The second-order valence-electron chi connectivity index (χ2n) is 23.0. The zero-order chi connectivity index (χ0) is 62.8. The Labute approximate surface area is 528 Å². The van der Waals surface area contributed by atoms with Gasteiger partial charge in [0.25, 0.3) is 0 Å². The van der Waals surface area contributed by atoms with E-state index in [1.165, 1.54) is 32.1 Å². The number of nitrogens with two attached hydrogens (primary N) is 1. The summed E-state index contributed by atoms with van der Waals surface area (Å²) in [7, 11) is -10.1. The molecule has 0 aliphatic rings. The summed E-state index contributed by atoms with van der Waals surface area (Å²) >= 11 is 0. The van der Waals surface area contributed by atoms with Crippen LogP contribution in [0.3, 0.4) is 0 Å². The Morgan fingerprint density at radius 3 is 1.28 bits per heavy atom. The van der Waals surface area contributed by atoms with E-state index in [0.29, 0.717) is 39.7 Å². The summed E-state index contributed by atoms with van der Waals surface area (Å²) in [6.45, 7) is 17.0. The summed E-state index contributed by atoms with van der Waals surface area (Å²) in [6, 6.07) is 50.6. The molecule has 0 aromatic heterocycles. The first-order chi connectivity index (χ1) is 40.9. The van der Waals surface area contributed by atoms with E-state index < -0.39 is 53.2 Å². The minimum atomic E-state index is -3.52. The van der Waals surface area contributed by atoms with Crippen LogP contribution in [0.2, 0.25) is 0 Å². The highest BCUT2D eigenvalue weighted by Gasteiger charge is 2.29. The van der Waals surface area contributed by atoms with Crippen molar-refractivity contribution >= 4 is 58.6 Å². The van der Waals surface area contributed by atoms with Crippen LogP contribution in [-0.2, 0) is 62.7 Å². The van der Waals surface area contributed by atoms with Gasteiger partial charge >= 0.3 is 12.0 Å². The lowest BCUT2D eigenvalue weighted by Gasteiger charge is -2.28. The van der Waals surface area contributed by atoms with E-state index in [2.05, 4.69) is 24.5 Å². The number of nitrogens with one attached hydrogen (secondary N) is 2. The molecular weight excluding hydrogens is 1160 g/mol. The Bertz CT molecular complexity index is 3500. The van der Waals surface area contributed by atoms with Gasteiger partial charge in [-0.15, -0.1) is 0 Å². The Kier molecular flexibility index (Phi) is 31.4. The van der Waals surface area contributed by atoms with E-state index in [4.69, 9.17) is 10.5 Å². The molecule has 478 valence electrons. The molecule has 0 fully saturated rings. The molecule has 0 heterocycles. The molecule has 7 aromatic carbocycles. The van der Waals surface area contributed by atoms with E-state index in [1.807, 2.05) is 87.5 Å². The molecule has 7 rings (SSSR count). The van der Waals surface area contributed by atoms with Gasteiger partial charge in [-0.3, -0.25) is 4.90 Å². The normalized spacial score (nSPS) is 11.6. The molecule has 1 atom stereocenters. The standard InChI is InChI=1S/C35H46N2O5S.C21H29NO2S.C14H15NO2S.2CH4/c1-6-7-8-9-13-24-37(30-20-18-29(19-21-30)26-43(40,41)31-22-16-27(2)17-23-31)34(39)36-32(33(38)42-35(3,4)5)25-28-14-11-10-12-15-28;1-3-4-5-6-7-16-22-20-12-10-19(11-13-20)17-25(23,24)21-14-8-18(2)9-15-21;1-11-2-8-14(9-3-11)18(16,17)10-12-4-6-13(15)7-5-12;;/h10-12,14-23,32H,6-9,13,24-26H2,1-5H3,(H,36,39);8-15,22H,3-7,16-17H2,1-2H3;2-9H,10,15H2,1H3;2*1H4/t32-;;;;/m1..../s1. The predicted octanol–water partition coefficient (Wildman–Crippen LogP) is 16.6. The zero-order valence-corrected chi connectivity index (χ0v) is 54.0. The van der Waals surface area contributed by atoms with Gasteiger partial charge in [0, 0.05) is 36.6 Å². The summed E-state index contributed by atoms with van der Waals surface area (Å²) in [5.41, 5.74) is 13.4. The largest absolute Gasteiger partial charge is 0.458 e. The highest BCUT2D eigenvalue weighted by molar-refractivity contribution is 7.91. The molecule has 0 aliphatic heterocycles. The van der Waals surface area contributed by atoms with Gasteiger partial charge in [0.2, 0.25) is 0 Å². The Balaban J connectivity index is 0.000000379. The molecular formula is C72H98N4O9S3. The molecule has 0 saturated carbocycles. The quantitative estimate of drug-likeness (QED) is 0.0251. The van der Waals surface area contributed by atoms with Crippen molar-refractivity contribution in [2.75, 3.05) is 29.0 Å². The molecule has 4 N–H and O–H groups in total. The van der Waals surface area contributed by atoms with Crippen molar-refractivity contribution in [1.29, 1.82) is 0 Å². The fourth-order valence-electron chi connectivity index (χ4n) is 9.08. The van der Waals surface area contributed by atoms with Crippen LogP contribution in [0, 0.1) is 20.8 Å². The number of carbonyl (C=O) groups excluding carboxylic acids is 2. The number of anilines is 3. The molecule has 2 amide bonds. The number of ether oxygens (including phenoxy) is 1.